The lowest BCUT2D eigenvalue weighted by Gasteiger charge is -2.20. The minimum atomic E-state index is -0.206. The lowest BCUT2D eigenvalue weighted by Crippen LogP contribution is -2.35. The fourth-order valence-corrected chi connectivity index (χ4v) is 1.16. The number of hydrogen-bond donors (Lipinski definition) is 0. The van der Waals surface area contributed by atoms with Gasteiger partial charge >= 0.3 is 0 Å². The predicted octanol–water partition coefficient (Wildman–Crippen LogP) is 2.05. The van der Waals surface area contributed by atoms with Gasteiger partial charge in [-0.2, -0.15) is 0 Å². The van der Waals surface area contributed by atoms with E-state index in [-0.39, 0.29) is 19.1 Å². The quantitative estimate of drug-likeness (QED) is 0.171. The van der Waals surface area contributed by atoms with Gasteiger partial charge in [0.1, 0.15) is 13.2 Å². The van der Waals surface area contributed by atoms with Gasteiger partial charge in [0, 0.05) is 13.1 Å². The van der Waals surface area contributed by atoms with Crippen LogP contribution in [0.25, 0.3) is 0 Å². The highest BCUT2D eigenvalue weighted by molar-refractivity contribution is 5.86. The maximum absolute atomic E-state index is 11.6. The van der Waals surface area contributed by atoms with Gasteiger partial charge in [0.2, 0.25) is 5.91 Å². The van der Waals surface area contributed by atoms with Crippen LogP contribution in [0.4, 0.5) is 0 Å². The minimum absolute atomic E-state index is 0.206. The summed E-state index contributed by atoms with van der Waals surface area (Å²) in [5.74, 6) is -0.206. The van der Waals surface area contributed by atoms with Crippen molar-refractivity contribution in [1.29, 1.82) is 0 Å². The summed E-state index contributed by atoms with van der Waals surface area (Å²) in [5, 5.41) is 0. The van der Waals surface area contributed by atoms with E-state index >= 15 is 0 Å². The lowest BCUT2D eigenvalue weighted by atomic mass is 10.4. The monoisotopic (exact) mass is 299 g/mol. The van der Waals surface area contributed by atoms with Crippen LogP contribution < -0.4 is 0 Å². The molecule has 0 bridgehead atoms. The first-order chi connectivity index (χ1) is 9.97. The Labute approximate surface area is 126 Å². The van der Waals surface area contributed by atoms with E-state index in [1.807, 2.05) is 13.8 Å². The molecule has 6 nitrogen and oxygen atoms in total. The average Bonchev–Trinajstić information content (AvgIpc) is 2.42. The van der Waals surface area contributed by atoms with Crippen LogP contribution in [0.2, 0.25) is 0 Å². The Morgan fingerprint density at radius 3 is 1.71 bits per heavy atom. The zero-order valence-electron chi connectivity index (χ0n) is 12.9. The van der Waals surface area contributed by atoms with Gasteiger partial charge in [-0.25, -0.2) is 19.6 Å². The number of carbonyl (C=O) groups excluding carboxylic acids is 1. The first-order valence-electron chi connectivity index (χ1n) is 6.66. The molecule has 0 saturated heterocycles. The van der Waals surface area contributed by atoms with Crippen LogP contribution in [0.5, 0.6) is 0 Å². The summed E-state index contributed by atoms with van der Waals surface area (Å²) in [4.78, 5) is 32.9. The number of carbonyl (C=O) groups is 1. The number of amides is 1. The maximum atomic E-state index is 11.6. The molecule has 0 saturated carbocycles. The van der Waals surface area contributed by atoms with E-state index in [1.54, 1.807) is 0 Å². The standard InChI is InChI=1S/C15H25NO5/c1-6-15(17)16(7-9-18-20-11-13(2)3)8-10-19-21-12-14(4)5/h6H,1-2,4,7-12H2,3,5H3. The molecule has 120 valence electrons. The zero-order valence-corrected chi connectivity index (χ0v) is 12.9. The third-order valence-corrected chi connectivity index (χ3v) is 2.15. The lowest BCUT2D eigenvalue weighted by molar-refractivity contribution is -0.294. The molecule has 0 aromatic heterocycles. The van der Waals surface area contributed by atoms with Crippen molar-refractivity contribution in [3.05, 3.63) is 37.0 Å². The third kappa shape index (κ3) is 12.0. The summed E-state index contributed by atoms with van der Waals surface area (Å²) < 4.78 is 0. The van der Waals surface area contributed by atoms with Gasteiger partial charge in [-0.15, -0.1) is 0 Å². The Hall–Kier alpha value is -1.47. The van der Waals surface area contributed by atoms with Gasteiger partial charge in [-0.05, 0) is 19.9 Å². The number of hydrogen-bond acceptors (Lipinski definition) is 5. The SMILES string of the molecule is C=CC(=O)N(CCOOCC(=C)C)CCOOCC(=C)C. The van der Waals surface area contributed by atoms with Gasteiger partial charge in [0.25, 0.3) is 0 Å². The molecule has 6 heteroatoms. The van der Waals surface area contributed by atoms with Crippen molar-refractivity contribution in [3.8, 4) is 0 Å². The van der Waals surface area contributed by atoms with Crippen molar-refractivity contribution < 1.29 is 24.3 Å². The summed E-state index contributed by atoms with van der Waals surface area (Å²) in [6.07, 6.45) is 1.24. The van der Waals surface area contributed by atoms with Crippen LogP contribution in [0.3, 0.4) is 0 Å². The van der Waals surface area contributed by atoms with Crippen LogP contribution in [0.15, 0.2) is 37.0 Å². The Morgan fingerprint density at radius 1 is 0.952 bits per heavy atom. The van der Waals surface area contributed by atoms with Crippen LogP contribution in [-0.4, -0.2) is 50.3 Å². The van der Waals surface area contributed by atoms with Gasteiger partial charge in [-0.1, -0.05) is 30.9 Å². The van der Waals surface area contributed by atoms with Crippen molar-refractivity contribution in [1.82, 2.24) is 4.90 Å². The van der Waals surface area contributed by atoms with Gasteiger partial charge in [-0.3, -0.25) is 4.79 Å². The molecule has 0 aliphatic carbocycles. The molecule has 0 fully saturated rings. The van der Waals surface area contributed by atoms with Gasteiger partial charge in [0.05, 0.1) is 13.2 Å². The number of rotatable bonds is 13. The fourth-order valence-electron chi connectivity index (χ4n) is 1.16. The molecule has 0 heterocycles. The first kappa shape index (κ1) is 19.5. The summed E-state index contributed by atoms with van der Waals surface area (Å²) >= 11 is 0. The number of nitrogens with zero attached hydrogens (tertiary/aromatic N) is 1. The van der Waals surface area contributed by atoms with E-state index in [4.69, 9.17) is 19.6 Å². The second-order valence-electron chi connectivity index (χ2n) is 4.61. The predicted molar refractivity (Wildman–Crippen MR) is 80.2 cm³/mol. The van der Waals surface area contributed by atoms with E-state index in [0.717, 1.165) is 11.1 Å². The highest BCUT2D eigenvalue weighted by Crippen LogP contribution is 1.96. The van der Waals surface area contributed by atoms with E-state index in [9.17, 15) is 4.79 Å². The van der Waals surface area contributed by atoms with E-state index in [2.05, 4.69) is 19.7 Å². The molecule has 0 radical (unpaired) electrons. The second-order valence-corrected chi connectivity index (χ2v) is 4.61. The van der Waals surface area contributed by atoms with E-state index in [1.165, 1.54) is 11.0 Å². The molecule has 21 heavy (non-hydrogen) atoms. The zero-order chi connectivity index (χ0) is 16.1. The van der Waals surface area contributed by atoms with Crippen LogP contribution >= 0.6 is 0 Å². The fraction of sp³-hybridized carbons (Fsp3) is 0.533. The normalized spacial score (nSPS) is 10.2. The minimum Gasteiger partial charge on any atom is -0.334 e. The summed E-state index contributed by atoms with van der Waals surface area (Å²) in [7, 11) is 0. The van der Waals surface area contributed by atoms with Crippen LogP contribution in [0.1, 0.15) is 13.8 Å². The molecular formula is C15H25NO5. The van der Waals surface area contributed by atoms with Crippen molar-refractivity contribution >= 4 is 5.91 Å². The molecule has 0 aromatic rings. The van der Waals surface area contributed by atoms with Crippen LogP contribution in [0, 0.1) is 0 Å². The first-order valence-corrected chi connectivity index (χ1v) is 6.66. The van der Waals surface area contributed by atoms with Crippen molar-refractivity contribution in [2.24, 2.45) is 0 Å². The molecular weight excluding hydrogens is 274 g/mol. The molecule has 0 aliphatic heterocycles. The molecule has 0 atom stereocenters. The molecule has 0 rings (SSSR count). The van der Waals surface area contributed by atoms with Gasteiger partial charge < -0.3 is 4.90 Å². The largest absolute Gasteiger partial charge is 0.334 e. The molecule has 0 N–H and O–H groups in total. The van der Waals surface area contributed by atoms with Crippen molar-refractivity contribution in [3.63, 3.8) is 0 Å². The molecule has 1 amide bonds. The molecule has 0 unspecified atom stereocenters. The summed E-state index contributed by atoms with van der Waals surface area (Å²) in [6, 6.07) is 0. The smallest absolute Gasteiger partial charge is 0.246 e. The highest BCUT2D eigenvalue weighted by Gasteiger charge is 2.10. The van der Waals surface area contributed by atoms with E-state index in [0.29, 0.717) is 26.3 Å². The molecule has 0 spiro atoms. The third-order valence-electron chi connectivity index (χ3n) is 2.15. The highest BCUT2D eigenvalue weighted by atomic mass is 17.2. The van der Waals surface area contributed by atoms with E-state index < -0.39 is 0 Å². The van der Waals surface area contributed by atoms with Gasteiger partial charge in [0.15, 0.2) is 0 Å². The average molecular weight is 299 g/mol. The second kappa shape index (κ2) is 12.3. The van der Waals surface area contributed by atoms with Crippen molar-refractivity contribution in [2.75, 3.05) is 39.5 Å². The topological polar surface area (TPSA) is 57.2 Å². The van der Waals surface area contributed by atoms with Crippen LogP contribution in [-0.2, 0) is 24.3 Å². The Bertz CT molecular complexity index is 330. The summed E-state index contributed by atoms with van der Waals surface area (Å²) in [5.41, 5.74) is 1.72. The molecule has 0 aromatic carbocycles. The maximum Gasteiger partial charge on any atom is 0.246 e. The Kier molecular flexibility index (Phi) is 11.4. The Balaban J connectivity index is 3.87. The molecule has 0 aliphatic rings. The Morgan fingerprint density at radius 2 is 1.38 bits per heavy atom. The van der Waals surface area contributed by atoms with Crippen molar-refractivity contribution in [2.45, 2.75) is 13.8 Å². The summed E-state index contributed by atoms with van der Waals surface area (Å²) in [6.45, 7) is 16.4.